The normalized spacial score (nSPS) is 11.8. The molecule has 53 heavy (non-hydrogen) atoms. The number of pyridine rings is 1. The van der Waals surface area contributed by atoms with Crippen molar-refractivity contribution in [1.82, 2.24) is 4.98 Å². The van der Waals surface area contributed by atoms with Gasteiger partial charge in [-0.3, -0.25) is 4.98 Å². The zero-order valence-electron chi connectivity index (χ0n) is 28.5. The van der Waals surface area contributed by atoms with Crippen LogP contribution in [0.15, 0.2) is 182 Å². The van der Waals surface area contributed by atoms with E-state index in [1.165, 1.54) is 84.1 Å². The first-order chi connectivity index (χ1) is 26.2. The predicted molar refractivity (Wildman–Crippen MR) is 231 cm³/mol. The maximum Gasteiger partial charge on any atom is 0.0476 e. The first kappa shape index (κ1) is 30.3. The molecule has 0 radical (unpaired) electrons. The molecule has 0 N–H and O–H groups in total. The molecule has 0 spiro atoms. The van der Waals surface area contributed by atoms with E-state index in [9.17, 15) is 0 Å². The van der Waals surface area contributed by atoms with Crippen molar-refractivity contribution in [2.75, 3.05) is 4.90 Å². The number of hydrogen-bond donors (Lipinski definition) is 0. The Morgan fingerprint density at radius 3 is 1.26 bits per heavy atom. The minimum absolute atomic E-state index is 1.12. The number of nitrogens with zero attached hydrogens (tertiary/aromatic N) is 2. The lowest BCUT2D eigenvalue weighted by molar-refractivity contribution is 1.30. The summed E-state index contributed by atoms with van der Waals surface area (Å²) in [7, 11) is 0. The zero-order chi connectivity index (χ0) is 34.9. The van der Waals surface area contributed by atoms with E-state index in [1.807, 2.05) is 35.1 Å². The first-order valence-corrected chi connectivity index (χ1v) is 19.5. The van der Waals surface area contributed by atoms with E-state index in [0.717, 1.165) is 17.1 Å². The predicted octanol–water partition coefficient (Wildman–Crippen LogP) is 14.9. The standard InChI is InChI=1S/C49H30N2S2/c1-3-7-40-35(5-1)15-21-44-42-23-19-38(29-46(42)52-48(40)44)51(37-17-13-33(14-18-37)31-9-11-32(12-10-31)34-25-27-50-28-26-34)39-20-24-43-45-22-16-36-6-2-4-8-41(36)49(45)53-47(43)30-39/h1-30H. The molecule has 0 fully saturated rings. The van der Waals surface area contributed by atoms with Crippen LogP contribution in [0, 0.1) is 0 Å². The van der Waals surface area contributed by atoms with Crippen molar-refractivity contribution in [2.45, 2.75) is 0 Å². The molecule has 0 amide bonds. The van der Waals surface area contributed by atoms with Crippen LogP contribution >= 0.6 is 22.7 Å². The van der Waals surface area contributed by atoms with Crippen LogP contribution in [0.25, 0.3) is 84.1 Å². The van der Waals surface area contributed by atoms with Gasteiger partial charge in [-0.2, -0.15) is 0 Å². The van der Waals surface area contributed by atoms with Crippen molar-refractivity contribution in [1.29, 1.82) is 0 Å². The number of benzene rings is 8. The molecule has 0 saturated carbocycles. The highest BCUT2D eigenvalue weighted by Crippen LogP contribution is 2.45. The minimum atomic E-state index is 1.12. The van der Waals surface area contributed by atoms with Crippen molar-refractivity contribution >= 4 is 102 Å². The third kappa shape index (κ3) is 5.02. The number of aromatic nitrogens is 1. The highest BCUT2D eigenvalue weighted by atomic mass is 32.1. The van der Waals surface area contributed by atoms with Gasteiger partial charge in [0, 0.05) is 69.8 Å². The van der Waals surface area contributed by atoms with Gasteiger partial charge in [-0.15, -0.1) is 22.7 Å². The lowest BCUT2D eigenvalue weighted by atomic mass is 10.0. The summed E-state index contributed by atoms with van der Waals surface area (Å²) in [4.78, 5) is 6.59. The van der Waals surface area contributed by atoms with E-state index >= 15 is 0 Å². The highest BCUT2D eigenvalue weighted by molar-refractivity contribution is 7.27. The van der Waals surface area contributed by atoms with Crippen LogP contribution in [-0.2, 0) is 0 Å². The smallest absolute Gasteiger partial charge is 0.0476 e. The molecule has 8 aromatic carbocycles. The SMILES string of the molecule is c1ccc2c(c1)ccc1c3ccc(N(c4ccc(-c5ccc(-c6ccncc6)cc5)cc4)c4ccc5c(c4)sc4c6ccccc6ccc54)cc3sc21. The Labute approximate surface area is 314 Å². The molecule has 0 aliphatic carbocycles. The fourth-order valence-electron chi connectivity index (χ4n) is 7.91. The van der Waals surface area contributed by atoms with E-state index in [2.05, 4.69) is 180 Å². The Balaban J connectivity index is 1.05. The average Bonchev–Trinajstić information content (AvgIpc) is 3.80. The summed E-state index contributed by atoms with van der Waals surface area (Å²) in [6.07, 6.45) is 3.68. The summed E-state index contributed by atoms with van der Waals surface area (Å²) in [6.45, 7) is 0. The average molecular weight is 711 g/mol. The molecule has 2 nitrogen and oxygen atoms in total. The maximum atomic E-state index is 4.17. The van der Waals surface area contributed by atoms with Crippen molar-refractivity contribution < 1.29 is 0 Å². The van der Waals surface area contributed by atoms with Crippen LogP contribution in [-0.4, -0.2) is 4.98 Å². The van der Waals surface area contributed by atoms with Gasteiger partial charge in [0.25, 0.3) is 0 Å². The Morgan fingerprint density at radius 2 is 0.755 bits per heavy atom. The van der Waals surface area contributed by atoms with E-state index in [0.29, 0.717) is 0 Å². The maximum absolute atomic E-state index is 4.17. The van der Waals surface area contributed by atoms with Crippen molar-refractivity contribution in [3.8, 4) is 22.3 Å². The van der Waals surface area contributed by atoms with Crippen molar-refractivity contribution in [3.63, 3.8) is 0 Å². The third-order valence-corrected chi connectivity index (χ3v) is 13.0. The Bertz CT molecular complexity index is 3000. The van der Waals surface area contributed by atoms with Crippen LogP contribution in [0.5, 0.6) is 0 Å². The van der Waals surface area contributed by atoms with Gasteiger partial charge < -0.3 is 4.90 Å². The molecule has 0 atom stereocenters. The highest BCUT2D eigenvalue weighted by Gasteiger charge is 2.18. The number of hydrogen-bond acceptors (Lipinski definition) is 4. The molecule has 0 aliphatic rings. The molecule has 248 valence electrons. The fourth-order valence-corrected chi connectivity index (χ4v) is 10.5. The summed E-state index contributed by atoms with van der Waals surface area (Å²) >= 11 is 3.78. The summed E-state index contributed by atoms with van der Waals surface area (Å²) in [5.74, 6) is 0. The first-order valence-electron chi connectivity index (χ1n) is 17.8. The van der Waals surface area contributed by atoms with Crippen LogP contribution in [0.4, 0.5) is 17.1 Å². The van der Waals surface area contributed by atoms with Crippen LogP contribution < -0.4 is 4.90 Å². The monoisotopic (exact) mass is 710 g/mol. The van der Waals surface area contributed by atoms with Crippen LogP contribution in [0.3, 0.4) is 0 Å². The summed E-state index contributed by atoms with van der Waals surface area (Å²) in [5.41, 5.74) is 8.16. The topological polar surface area (TPSA) is 16.1 Å². The van der Waals surface area contributed by atoms with E-state index in [4.69, 9.17) is 0 Å². The molecule has 0 saturated heterocycles. The van der Waals surface area contributed by atoms with Gasteiger partial charge in [0.15, 0.2) is 0 Å². The third-order valence-electron chi connectivity index (χ3n) is 10.6. The van der Waals surface area contributed by atoms with Gasteiger partial charge in [-0.1, -0.05) is 121 Å². The van der Waals surface area contributed by atoms with Crippen LogP contribution in [0.1, 0.15) is 0 Å². The molecule has 11 aromatic rings. The second-order valence-corrected chi connectivity index (χ2v) is 15.7. The van der Waals surface area contributed by atoms with Gasteiger partial charge >= 0.3 is 0 Å². The summed E-state index contributed by atoms with van der Waals surface area (Å²) in [5, 5.41) is 10.4. The van der Waals surface area contributed by atoms with E-state index in [-0.39, 0.29) is 0 Å². The molecule has 0 aliphatic heterocycles. The number of anilines is 3. The van der Waals surface area contributed by atoms with Crippen molar-refractivity contribution in [2.24, 2.45) is 0 Å². The lowest BCUT2D eigenvalue weighted by Crippen LogP contribution is -2.09. The van der Waals surface area contributed by atoms with Gasteiger partial charge in [-0.05, 0) is 92.3 Å². The lowest BCUT2D eigenvalue weighted by Gasteiger charge is -2.26. The number of rotatable bonds is 5. The second-order valence-electron chi connectivity index (χ2n) is 13.6. The Hall–Kier alpha value is -6.33. The molecule has 0 unspecified atom stereocenters. The summed E-state index contributed by atoms with van der Waals surface area (Å²) < 4.78 is 5.28. The Kier molecular flexibility index (Phi) is 6.94. The molecular formula is C49H30N2S2. The van der Waals surface area contributed by atoms with Gasteiger partial charge in [0.05, 0.1) is 0 Å². The van der Waals surface area contributed by atoms with Crippen LogP contribution in [0.2, 0.25) is 0 Å². The number of thiophene rings is 2. The molecular weight excluding hydrogens is 681 g/mol. The summed E-state index contributed by atoms with van der Waals surface area (Å²) in [6, 6.07) is 62.4. The van der Waals surface area contributed by atoms with Gasteiger partial charge in [0.1, 0.15) is 0 Å². The van der Waals surface area contributed by atoms with E-state index in [1.54, 1.807) is 0 Å². The second kappa shape index (κ2) is 12.1. The largest absolute Gasteiger partial charge is 0.310 e. The minimum Gasteiger partial charge on any atom is -0.310 e. The fraction of sp³-hybridized carbons (Fsp3) is 0. The Morgan fingerprint density at radius 1 is 0.340 bits per heavy atom. The molecule has 11 rings (SSSR count). The molecule has 3 aromatic heterocycles. The molecule has 3 heterocycles. The molecule has 4 heteroatoms. The molecule has 0 bridgehead atoms. The van der Waals surface area contributed by atoms with Gasteiger partial charge in [-0.25, -0.2) is 0 Å². The van der Waals surface area contributed by atoms with E-state index < -0.39 is 0 Å². The quantitative estimate of drug-likeness (QED) is 0.177. The van der Waals surface area contributed by atoms with Gasteiger partial charge in [0.2, 0.25) is 0 Å². The number of fused-ring (bicyclic) bond motifs is 10. The zero-order valence-corrected chi connectivity index (χ0v) is 30.2. The van der Waals surface area contributed by atoms with Crippen molar-refractivity contribution in [3.05, 3.63) is 182 Å².